The first-order valence-corrected chi connectivity index (χ1v) is 10.4. The maximum atomic E-state index is 11.8. The normalized spacial score (nSPS) is 26.8. The Kier molecular flexibility index (Phi) is 9.30. The smallest absolute Gasteiger partial charge is 0.407 e. The molecule has 1 N–H and O–H groups in total. The van der Waals surface area contributed by atoms with Crippen molar-refractivity contribution in [2.24, 2.45) is 17.8 Å². The average molecular weight is 336 g/mol. The Hall–Kier alpha value is -0.990. The van der Waals surface area contributed by atoms with Crippen molar-refractivity contribution >= 4 is 6.09 Å². The summed E-state index contributed by atoms with van der Waals surface area (Å²) in [7, 11) is 0. The second-order valence-electron chi connectivity index (χ2n) is 7.62. The molecule has 0 saturated heterocycles. The number of alkyl carbamates (subject to hydrolysis) is 1. The van der Waals surface area contributed by atoms with E-state index in [1.54, 1.807) is 0 Å². The number of carbonyl (C=O) groups excluding carboxylic acids is 1. The molecule has 0 bridgehead atoms. The van der Waals surface area contributed by atoms with Gasteiger partial charge >= 0.3 is 6.09 Å². The third-order valence-electron chi connectivity index (χ3n) is 5.72. The van der Waals surface area contributed by atoms with E-state index in [4.69, 9.17) is 4.74 Å². The van der Waals surface area contributed by atoms with E-state index in [0.29, 0.717) is 12.5 Å². The van der Waals surface area contributed by atoms with Gasteiger partial charge in [0.2, 0.25) is 0 Å². The maximum Gasteiger partial charge on any atom is 0.407 e. The molecule has 3 heteroatoms. The molecule has 0 aromatic heterocycles. The summed E-state index contributed by atoms with van der Waals surface area (Å²) in [4.78, 5) is 11.8. The monoisotopic (exact) mass is 335 g/mol. The third-order valence-corrected chi connectivity index (χ3v) is 5.72. The summed E-state index contributed by atoms with van der Waals surface area (Å²) in [6, 6.07) is 0. The summed E-state index contributed by atoms with van der Waals surface area (Å²) in [5.41, 5.74) is 0. The first-order valence-electron chi connectivity index (χ1n) is 10.4. The van der Waals surface area contributed by atoms with Crippen molar-refractivity contribution in [2.45, 2.75) is 84.0 Å². The van der Waals surface area contributed by atoms with Crippen molar-refractivity contribution in [3.05, 3.63) is 12.2 Å². The second kappa shape index (κ2) is 11.5. The highest BCUT2D eigenvalue weighted by molar-refractivity contribution is 5.67. The molecule has 1 unspecified atom stereocenters. The number of allylic oxidation sites excluding steroid dienone is 2. The molecule has 138 valence electrons. The van der Waals surface area contributed by atoms with Crippen LogP contribution in [0, 0.1) is 17.8 Å². The Bertz CT molecular complexity index is 364. The quantitative estimate of drug-likeness (QED) is 0.380. The molecule has 2 aliphatic rings. The number of amides is 1. The van der Waals surface area contributed by atoms with Gasteiger partial charge < -0.3 is 10.1 Å². The van der Waals surface area contributed by atoms with E-state index in [0.717, 1.165) is 24.8 Å². The SMILES string of the molecule is CCCCCCCCCCNC(=O)OCC1[C@H]2CC/C=C\CC[C@@H]12. The Morgan fingerprint density at radius 3 is 2.17 bits per heavy atom. The topological polar surface area (TPSA) is 38.3 Å². The maximum absolute atomic E-state index is 11.8. The van der Waals surface area contributed by atoms with Crippen LogP contribution in [0.2, 0.25) is 0 Å². The van der Waals surface area contributed by atoms with Gasteiger partial charge in [-0.25, -0.2) is 4.79 Å². The molecule has 2 rings (SSSR count). The van der Waals surface area contributed by atoms with Crippen molar-refractivity contribution < 1.29 is 9.53 Å². The lowest BCUT2D eigenvalue weighted by molar-refractivity contribution is 0.137. The predicted octanol–water partition coefficient (Wildman–Crippen LogP) is 5.85. The molecule has 1 amide bonds. The first kappa shape index (κ1) is 19.3. The number of nitrogens with one attached hydrogen (secondary N) is 1. The molecule has 2 aliphatic carbocycles. The van der Waals surface area contributed by atoms with Crippen molar-refractivity contribution in [1.29, 1.82) is 0 Å². The first-order chi connectivity index (χ1) is 11.8. The van der Waals surface area contributed by atoms with E-state index in [-0.39, 0.29) is 6.09 Å². The summed E-state index contributed by atoms with van der Waals surface area (Å²) in [5.74, 6) is 2.23. The fraction of sp³-hybridized carbons (Fsp3) is 0.857. The van der Waals surface area contributed by atoms with Gasteiger partial charge in [-0.05, 0) is 49.9 Å². The van der Waals surface area contributed by atoms with E-state index in [1.807, 2.05) is 0 Å². The van der Waals surface area contributed by atoms with E-state index in [1.165, 1.54) is 70.6 Å². The van der Waals surface area contributed by atoms with Crippen LogP contribution in [-0.2, 0) is 4.74 Å². The van der Waals surface area contributed by atoms with Crippen molar-refractivity contribution in [1.82, 2.24) is 5.32 Å². The largest absolute Gasteiger partial charge is 0.449 e. The standard InChI is InChI=1S/C21H37NO2/c1-2-3-4-5-6-7-10-13-16-22-21(23)24-17-20-18-14-11-8-9-12-15-19(18)20/h8-9,18-20H,2-7,10-17H2,1H3,(H,22,23)/b9-8-/t18-,19+,20?. The van der Waals surface area contributed by atoms with Crippen molar-refractivity contribution in [3.8, 4) is 0 Å². The fourth-order valence-electron chi connectivity index (χ4n) is 4.11. The Balaban J connectivity index is 1.41. The van der Waals surface area contributed by atoms with Gasteiger partial charge in [0.1, 0.15) is 0 Å². The lowest BCUT2D eigenvalue weighted by Crippen LogP contribution is -2.26. The number of fused-ring (bicyclic) bond motifs is 1. The van der Waals surface area contributed by atoms with Crippen LogP contribution in [0.4, 0.5) is 4.79 Å². The van der Waals surface area contributed by atoms with Gasteiger partial charge in [-0.2, -0.15) is 0 Å². The zero-order chi connectivity index (χ0) is 17.0. The predicted molar refractivity (Wildman–Crippen MR) is 100 cm³/mol. The minimum atomic E-state index is -0.213. The van der Waals surface area contributed by atoms with Crippen LogP contribution in [0.5, 0.6) is 0 Å². The van der Waals surface area contributed by atoms with Gasteiger partial charge in [-0.15, -0.1) is 0 Å². The van der Waals surface area contributed by atoms with Gasteiger partial charge in [0.15, 0.2) is 0 Å². The highest BCUT2D eigenvalue weighted by atomic mass is 16.5. The van der Waals surface area contributed by atoms with Gasteiger partial charge in [0, 0.05) is 6.54 Å². The summed E-state index contributed by atoms with van der Waals surface area (Å²) in [5, 5.41) is 2.91. The summed E-state index contributed by atoms with van der Waals surface area (Å²) >= 11 is 0. The number of ether oxygens (including phenoxy) is 1. The molecule has 3 atom stereocenters. The number of carbonyl (C=O) groups is 1. The molecule has 0 aliphatic heterocycles. The lowest BCUT2D eigenvalue weighted by Gasteiger charge is -2.07. The number of rotatable bonds is 11. The van der Waals surface area contributed by atoms with Crippen LogP contribution >= 0.6 is 0 Å². The molecular weight excluding hydrogens is 298 g/mol. The van der Waals surface area contributed by atoms with Crippen LogP contribution in [0.1, 0.15) is 84.0 Å². The molecule has 1 fully saturated rings. The zero-order valence-corrected chi connectivity index (χ0v) is 15.6. The van der Waals surface area contributed by atoms with E-state index in [2.05, 4.69) is 24.4 Å². The molecule has 1 saturated carbocycles. The zero-order valence-electron chi connectivity index (χ0n) is 15.6. The Morgan fingerprint density at radius 1 is 0.958 bits per heavy atom. The van der Waals surface area contributed by atoms with Gasteiger partial charge in [-0.1, -0.05) is 64.0 Å². The summed E-state index contributed by atoms with van der Waals surface area (Å²) in [6.45, 7) is 3.63. The second-order valence-corrected chi connectivity index (χ2v) is 7.62. The average Bonchev–Trinajstić information content (AvgIpc) is 3.21. The lowest BCUT2D eigenvalue weighted by atomic mass is 10.1. The molecule has 0 spiro atoms. The van der Waals surface area contributed by atoms with E-state index < -0.39 is 0 Å². The Labute approximate surface area is 148 Å². The number of hydrogen-bond acceptors (Lipinski definition) is 2. The molecule has 0 aromatic carbocycles. The fourth-order valence-corrected chi connectivity index (χ4v) is 4.11. The minimum Gasteiger partial charge on any atom is -0.449 e. The summed E-state index contributed by atoms with van der Waals surface area (Å²) in [6.07, 6.45) is 19.7. The highest BCUT2D eigenvalue weighted by Crippen LogP contribution is 2.52. The van der Waals surface area contributed by atoms with Gasteiger partial charge in [0.05, 0.1) is 6.61 Å². The Morgan fingerprint density at radius 2 is 1.54 bits per heavy atom. The number of hydrogen-bond donors (Lipinski definition) is 1. The summed E-state index contributed by atoms with van der Waals surface area (Å²) < 4.78 is 5.44. The van der Waals surface area contributed by atoms with Crippen LogP contribution < -0.4 is 5.32 Å². The highest BCUT2D eigenvalue weighted by Gasteiger charge is 2.49. The van der Waals surface area contributed by atoms with E-state index in [9.17, 15) is 4.79 Å². The molecule has 0 heterocycles. The van der Waals surface area contributed by atoms with E-state index >= 15 is 0 Å². The van der Waals surface area contributed by atoms with Crippen molar-refractivity contribution in [2.75, 3.05) is 13.2 Å². The van der Waals surface area contributed by atoms with Crippen LogP contribution in [0.25, 0.3) is 0 Å². The third kappa shape index (κ3) is 7.27. The molecule has 3 nitrogen and oxygen atoms in total. The number of unbranched alkanes of at least 4 members (excludes halogenated alkanes) is 7. The molecular formula is C21H37NO2. The van der Waals surface area contributed by atoms with Crippen LogP contribution in [0.15, 0.2) is 12.2 Å². The van der Waals surface area contributed by atoms with Crippen LogP contribution in [-0.4, -0.2) is 19.2 Å². The van der Waals surface area contributed by atoms with Gasteiger partial charge in [0.25, 0.3) is 0 Å². The molecule has 0 aromatic rings. The molecule has 0 radical (unpaired) electrons. The minimum absolute atomic E-state index is 0.213. The van der Waals surface area contributed by atoms with Crippen LogP contribution in [0.3, 0.4) is 0 Å². The van der Waals surface area contributed by atoms with Gasteiger partial charge in [-0.3, -0.25) is 0 Å². The molecule has 24 heavy (non-hydrogen) atoms. The van der Waals surface area contributed by atoms with Crippen molar-refractivity contribution in [3.63, 3.8) is 0 Å².